The predicted molar refractivity (Wildman–Crippen MR) is 96.2 cm³/mol. The predicted octanol–water partition coefficient (Wildman–Crippen LogP) is 6.28. The number of halogens is 1. The van der Waals surface area contributed by atoms with E-state index in [0.29, 0.717) is 23.3 Å². The Labute approximate surface area is 143 Å². The van der Waals surface area contributed by atoms with E-state index in [1.165, 1.54) is 31.2 Å². The van der Waals surface area contributed by atoms with Crippen LogP contribution in [0.5, 0.6) is 0 Å². The normalized spacial score (nSPS) is 21.1. The maximum Gasteiger partial charge on any atom is 0.162 e. The van der Waals surface area contributed by atoms with Gasteiger partial charge in [0.15, 0.2) is 5.78 Å². The van der Waals surface area contributed by atoms with Crippen LogP contribution in [0.15, 0.2) is 54.6 Å². The highest BCUT2D eigenvalue weighted by Gasteiger charge is 2.22. The fourth-order valence-corrected chi connectivity index (χ4v) is 3.75. The average molecular weight is 327 g/mol. The highest BCUT2D eigenvalue weighted by atomic mass is 35.5. The van der Waals surface area contributed by atoms with E-state index >= 15 is 0 Å². The minimum Gasteiger partial charge on any atom is -0.294 e. The summed E-state index contributed by atoms with van der Waals surface area (Å²) in [5.74, 6) is 1.65. The van der Waals surface area contributed by atoms with E-state index in [1.54, 1.807) is 12.1 Å². The maximum absolute atomic E-state index is 12.2. The molecule has 120 valence electrons. The molecule has 1 saturated carbocycles. The van der Waals surface area contributed by atoms with E-state index in [9.17, 15) is 4.79 Å². The first-order valence-corrected chi connectivity index (χ1v) is 8.94. The molecule has 0 amide bonds. The molecule has 1 fully saturated rings. The second-order valence-corrected chi connectivity index (χ2v) is 7.03. The molecule has 0 radical (unpaired) electrons. The van der Waals surface area contributed by atoms with E-state index < -0.39 is 0 Å². The molecule has 0 spiro atoms. The van der Waals surface area contributed by atoms with Crippen molar-refractivity contribution < 1.29 is 4.79 Å². The van der Waals surface area contributed by atoms with Crippen LogP contribution >= 0.6 is 11.6 Å². The van der Waals surface area contributed by atoms with Gasteiger partial charge in [-0.2, -0.15) is 0 Å². The van der Waals surface area contributed by atoms with Crippen LogP contribution < -0.4 is 0 Å². The molecule has 1 aliphatic rings. The lowest BCUT2D eigenvalue weighted by Gasteiger charge is -2.28. The van der Waals surface area contributed by atoms with Gasteiger partial charge >= 0.3 is 0 Å². The van der Waals surface area contributed by atoms with E-state index in [1.807, 2.05) is 12.1 Å². The van der Waals surface area contributed by atoms with Crippen LogP contribution in [0, 0.1) is 5.92 Å². The van der Waals surface area contributed by atoms with Crippen molar-refractivity contribution in [1.82, 2.24) is 0 Å². The van der Waals surface area contributed by atoms with E-state index in [0.717, 1.165) is 12.0 Å². The first-order chi connectivity index (χ1) is 11.2. The smallest absolute Gasteiger partial charge is 0.162 e. The van der Waals surface area contributed by atoms with Crippen molar-refractivity contribution in [3.8, 4) is 0 Å². The van der Waals surface area contributed by atoms with Crippen LogP contribution in [-0.2, 0) is 0 Å². The molecule has 1 aliphatic carbocycles. The van der Waals surface area contributed by atoms with Gasteiger partial charge < -0.3 is 0 Å². The molecule has 23 heavy (non-hydrogen) atoms. The van der Waals surface area contributed by atoms with Gasteiger partial charge in [0.05, 0.1) is 0 Å². The van der Waals surface area contributed by atoms with E-state index in [-0.39, 0.29) is 5.78 Å². The van der Waals surface area contributed by atoms with Crippen LogP contribution in [0.1, 0.15) is 60.4 Å². The molecular weight excluding hydrogens is 304 g/mol. The van der Waals surface area contributed by atoms with Crippen molar-refractivity contribution in [2.45, 2.75) is 44.4 Å². The number of rotatable bonds is 5. The number of Topliss-reactive ketones (excluding diaryl/α,β-unsaturated/α-hetero) is 1. The van der Waals surface area contributed by atoms with Crippen molar-refractivity contribution in [2.75, 3.05) is 0 Å². The summed E-state index contributed by atoms with van der Waals surface area (Å²) in [4.78, 5) is 12.2. The number of carbonyl (C=O) groups is 1. The van der Waals surface area contributed by atoms with Crippen LogP contribution in [0.25, 0.3) is 0 Å². The van der Waals surface area contributed by atoms with Gasteiger partial charge in [-0.05, 0) is 73.8 Å². The van der Waals surface area contributed by atoms with E-state index in [2.05, 4.69) is 30.3 Å². The monoisotopic (exact) mass is 326 g/mol. The van der Waals surface area contributed by atoms with Gasteiger partial charge in [0.25, 0.3) is 0 Å². The Morgan fingerprint density at radius 1 is 0.913 bits per heavy atom. The first kappa shape index (κ1) is 16.3. The van der Waals surface area contributed by atoms with Crippen molar-refractivity contribution in [3.05, 3.63) is 70.7 Å². The zero-order valence-corrected chi connectivity index (χ0v) is 14.1. The van der Waals surface area contributed by atoms with Crippen LogP contribution in [-0.4, -0.2) is 5.78 Å². The largest absolute Gasteiger partial charge is 0.294 e. The van der Waals surface area contributed by atoms with Crippen molar-refractivity contribution >= 4 is 17.4 Å². The lowest BCUT2D eigenvalue weighted by Crippen LogP contribution is -2.14. The second-order valence-electron chi connectivity index (χ2n) is 6.60. The van der Waals surface area contributed by atoms with Gasteiger partial charge in [0.1, 0.15) is 0 Å². The molecule has 2 heteroatoms. The summed E-state index contributed by atoms with van der Waals surface area (Å²) >= 11 is 5.87. The summed E-state index contributed by atoms with van der Waals surface area (Å²) in [5, 5.41) is 0.681. The van der Waals surface area contributed by atoms with Gasteiger partial charge in [0, 0.05) is 17.0 Å². The second kappa shape index (κ2) is 7.79. The number of carbonyl (C=O) groups excluding carboxylic acids is 1. The Bertz CT molecular complexity index is 625. The topological polar surface area (TPSA) is 17.1 Å². The summed E-state index contributed by atoms with van der Waals surface area (Å²) in [5.41, 5.74) is 2.26. The Kier molecular flexibility index (Phi) is 5.51. The standard InChI is InChI=1S/C21H23ClO/c22-20-13-11-19(12-14-20)21(23)15-8-16-6-9-18(10-7-16)17-4-2-1-3-5-17/h1-5,11-14,16,18H,6-10,15H2. The van der Waals surface area contributed by atoms with Gasteiger partial charge in [-0.25, -0.2) is 0 Å². The fourth-order valence-electron chi connectivity index (χ4n) is 3.62. The molecule has 0 atom stereocenters. The third kappa shape index (κ3) is 4.45. The number of hydrogen-bond donors (Lipinski definition) is 0. The molecule has 1 nitrogen and oxygen atoms in total. The molecule has 3 rings (SSSR count). The Hall–Kier alpha value is -1.60. The third-order valence-corrected chi connectivity index (χ3v) is 5.32. The molecule has 0 N–H and O–H groups in total. The molecule has 2 aromatic rings. The van der Waals surface area contributed by atoms with Gasteiger partial charge in [-0.15, -0.1) is 0 Å². The van der Waals surface area contributed by atoms with Crippen molar-refractivity contribution in [3.63, 3.8) is 0 Å². The van der Waals surface area contributed by atoms with Gasteiger partial charge in [-0.3, -0.25) is 4.79 Å². The highest BCUT2D eigenvalue weighted by molar-refractivity contribution is 6.30. The minimum absolute atomic E-state index is 0.242. The number of hydrogen-bond acceptors (Lipinski definition) is 1. The van der Waals surface area contributed by atoms with Crippen LogP contribution in [0.2, 0.25) is 5.02 Å². The molecule has 0 heterocycles. The summed E-state index contributed by atoms with van der Waals surface area (Å²) in [7, 11) is 0. The Morgan fingerprint density at radius 2 is 1.57 bits per heavy atom. The minimum atomic E-state index is 0.242. The summed E-state index contributed by atoms with van der Waals surface area (Å²) in [6.07, 6.45) is 6.67. The molecule has 0 bridgehead atoms. The Balaban J connectivity index is 1.46. The first-order valence-electron chi connectivity index (χ1n) is 8.56. The number of ketones is 1. The number of benzene rings is 2. The lowest BCUT2D eigenvalue weighted by atomic mass is 9.77. The van der Waals surface area contributed by atoms with Gasteiger partial charge in [0.2, 0.25) is 0 Å². The quantitative estimate of drug-likeness (QED) is 0.591. The fraction of sp³-hybridized carbons (Fsp3) is 0.381. The average Bonchev–Trinajstić information content (AvgIpc) is 2.61. The molecule has 0 aliphatic heterocycles. The maximum atomic E-state index is 12.2. The molecule has 2 aromatic carbocycles. The Morgan fingerprint density at radius 3 is 2.22 bits per heavy atom. The highest BCUT2D eigenvalue weighted by Crippen LogP contribution is 2.37. The summed E-state index contributed by atoms with van der Waals surface area (Å²) < 4.78 is 0. The van der Waals surface area contributed by atoms with Crippen LogP contribution in [0.4, 0.5) is 0 Å². The third-order valence-electron chi connectivity index (χ3n) is 5.06. The SMILES string of the molecule is O=C(CCC1CCC(c2ccccc2)CC1)c1ccc(Cl)cc1. The summed E-state index contributed by atoms with van der Waals surface area (Å²) in [6, 6.07) is 18.1. The van der Waals surface area contributed by atoms with E-state index in [4.69, 9.17) is 11.6 Å². The van der Waals surface area contributed by atoms with Crippen LogP contribution in [0.3, 0.4) is 0 Å². The molecular formula is C21H23ClO. The molecule has 0 saturated heterocycles. The lowest BCUT2D eigenvalue weighted by molar-refractivity contribution is 0.0969. The summed E-state index contributed by atoms with van der Waals surface area (Å²) in [6.45, 7) is 0. The molecule has 0 unspecified atom stereocenters. The van der Waals surface area contributed by atoms with Crippen molar-refractivity contribution in [2.24, 2.45) is 5.92 Å². The van der Waals surface area contributed by atoms with Gasteiger partial charge in [-0.1, -0.05) is 41.9 Å². The zero-order chi connectivity index (χ0) is 16.1. The van der Waals surface area contributed by atoms with Crippen molar-refractivity contribution in [1.29, 1.82) is 0 Å². The molecule has 0 aromatic heterocycles. The zero-order valence-electron chi connectivity index (χ0n) is 13.4.